The molecule has 0 spiro atoms. The molecule has 3 aromatic rings. The summed E-state index contributed by atoms with van der Waals surface area (Å²) >= 11 is 0. The first-order valence-electron chi connectivity index (χ1n) is 6.95. The van der Waals surface area contributed by atoms with Crippen molar-refractivity contribution >= 4 is 11.0 Å². The lowest BCUT2D eigenvalue weighted by atomic mass is 10.1. The van der Waals surface area contributed by atoms with Crippen LogP contribution in [0.5, 0.6) is 5.75 Å². The van der Waals surface area contributed by atoms with E-state index in [4.69, 9.17) is 10.00 Å². The van der Waals surface area contributed by atoms with Crippen molar-refractivity contribution in [3.05, 3.63) is 69.6 Å². The molecule has 5 nitrogen and oxygen atoms in total. The molecule has 0 bridgehead atoms. The van der Waals surface area contributed by atoms with Gasteiger partial charge in [-0.15, -0.1) is 0 Å². The van der Waals surface area contributed by atoms with Gasteiger partial charge in [0, 0.05) is 17.7 Å². The number of fused-ring (bicyclic) bond motifs is 1. The summed E-state index contributed by atoms with van der Waals surface area (Å²) in [6.07, 6.45) is 1.05. The summed E-state index contributed by atoms with van der Waals surface area (Å²) in [6, 6.07) is 8.66. The molecule has 0 aliphatic heterocycles. The zero-order valence-corrected chi connectivity index (χ0v) is 12.6. The van der Waals surface area contributed by atoms with E-state index in [1.54, 1.807) is 18.2 Å². The Morgan fingerprint density at radius 2 is 2.00 bits per heavy atom. The quantitative estimate of drug-likeness (QED) is 0.741. The zero-order chi connectivity index (χ0) is 17.3. The number of methoxy groups -OCH3 is 1. The van der Waals surface area contributed by atoms with Gasteiger partial charge < -0.3 is 9.30 Å². The minimum absolute atomic E-state index is 0.0673. The van der Waals surface area contributed by atoms with E-state index in [0.29, 0.717) is 16.9 Å². The van der Waals surface area contributed by atoms with Crippen molar-refractivity contribution in [2.75, 3.05) is 7.11 Å². The van der Waals surface area contributed by atoms with Crippen LogP contribution >= 0.6 is 0 Å². The van der Waals surface area contributed by atoms with Crippen molar-refractivity contribution in [1.82, 2.24) is 9.55 Å². The Hall–Kier alpha value is -3.27. The smallest absolute Gasteiger partial charge is 0.269 e. The Kier molecular flexibility index (Phi) is 3.96. The molecule has 0 N–H and O–H groups in total. The molecule has 0 aliphatic carbocycles. The second kappa shape index (κ2) is 6.08. The third-order valence-electron chi connectivity index (χ3n) is 3.63. The van der Waals surface area contributed by atoms with Crippen LogP contribution in [0.2, 0.25) is 0 Å². The van der Waals surface area contributed by atoms with Crippen LogP contribution in [0.1, 0.15) is 11.1 Å². The van der Waals surface area contributed by atoms with E-state index in [0.717, 1.165) is 18.3 Å². The molecule has 3 rings (SSSR count). The average Bonchev–Trinajstić information content (AvgIpc) is 2.59. The molecular formula is C17H11F2N3O2. The van der Waals surface area contributed by atoms with Gasteiger partial charge in [0.2, 0.25) is 0 Å². The Bertz CT molecular complexity index is 1040. The van der Waals surface area contributed by atoms with E-state index >= 15 is 0 Å². The van der Waals surface area contributed by atoms with Crippen molar-refractivity contribution in [1.29, 1.82) is 5.26 Å². The minimum Gasteiger partial charge on any atom is -0.496 e. The summed E-state index contributed by atoms with van der Waals surface area (Å²) in [5, 5.41) is 8.93. The van der Waals surface area contributed by atoms with Crippen molar-refractivity contribution in [2.45, 2.75) is 6.54 Å². The van der Waals surface area contributed by atoms with Gasteiger partial charge in [-0.05, 0) is 12.1 Å². The molecule has 2 aromatic carbocycles. The number of ether oxygens (including phenoxy) is 1. The second-order valence-electron chi connectivity index (χ2n) is 5.08. The summed E-state index contributed by atoms with van der Waals surface area (Å²) in [5.74, 6) is -1.67. The molecule has 24 heavy (non-hydrogen) atoms. The van der Waals surface area contributed by atoms with Crippen molar-refractivity contribution in [3.63, 3.8) is 0 Å². The Labute approximate surface area is 135 Å². The van der Waals surface area contributed by atoms with Crippen LogP contribution in [0, 0.1) is 23.0 Å². The fourth-order valence-electron chi connectivity index (χ4n) is 2.44. The van der Waals surface area contributed by atoms with Crippen LogP contribution < -0.4 is 10.3 Å². The number of rotatable bonds is 3. The molecule has 1 heterocycles. The van der Waals surface area contributed by atoms with Gasteiger partial charge in [0.25, 0.3) is 5.56 Å². The highest BCUT2D eigenvalue weighted by molar-refractivity contribution is 5.74. The van der Waals surface area contributed by atoms with E-state index in [9.17, 15) is 13.6 Å². The van der Waals surface area contributed by atoms with E-state index in [1.807, 2.05) is 6.07 Å². The average molecular weight is 327 g/mol. The predicted octanol–water partition coefficient (Wildman–Crippen LogP) is 2.60. The van der Waals surface area contributed by atoms with Gasteiger partial charge in [0.05, 0.1) is 42.5 Å². The number of benzene rings is 2. The van der Waals surface area contributed by atoms with Gasteiger partial charge in [-0.1, -0.05) is 6.07 Å². The van der Waals surface area contributed by atoms with Crippen LogP contribution in [0.4, 0.5) is 8.78 Å². The maximum absolute atomic E-state index is 13.6. The van der Waals surface area contributed by atoms with E-state index in [2.05, 4.69) is 4.98 Å². The van der Waals surface area contributed by atoms with Gasteiger partial charge in [-0.2, -0.15) is 5.26 Å². The maximum Gasteiger partial charge on any atom is 0.269 e. The van der Waals surface area contributed by atoms with Crippen LogP contribution in [-0.2, 0) is 6.54 Å². The number of nitriles is 1. The molecule has 1 aromatic heterocycles. The van der Waals surface area contributed by atoms with E-state index in [1.165, 1.54) is 11.7 Å². The van der Waals surface area contributed by atoms with Gasteiger partial charge >= 0.3 is 0 Å². The monoisotopic (exact) mass is 327 g/mol. The lowest BCUT2D eigenvalue weighted by Gasteiger charge is -2.13. The fourth-order valence-corrected chi connectivity index (χ4v) is 2.44. The summed E-state index contributed by atoms with van der Waals surface area (Å²) < 4.78 is 33.4. The van der Waals surface area contributed by atoms with Crippen molar-refractivity contribution in [2.24, 2.45) is 0 Å². The number of nitrogens with zero attached hydrogens (tertiary/aromatic N) is 3. The van der Waals surface area contributed by atoms with Gasteiger partial charge in [-0.3, -0.25) is 4.79 Å². The summed E-state index contributed by atoms with van der Waals surface area (Å²) in [7, 11) is 1.45. The zero-order valence-electron chi connectivity index (χ0n) is 12.6. The van der Waals surface area contributed by atoms with Crippen LogP contribution in [0.15, 0.2) is 41.3 Å². The molecule has 0 amide bonds. The molecule has 0 fully saturated rings. The first kappa shape index (κ1) is 15.6. The van der Waals surface area contributed by atoms with E-state index in [-0.39, 0.29) is 17.6 Å². The Balaban J connectivity index is 2.17. The fraction of sp³-hybridized carbons (Fsp3) is 0.118. The van der Waals surface area contributed by atoms with E-state index < -0.39 is 17.2 Å². The molecular weight excluding hydrogens is 316 g/mol. The first-order valence-corrected chi connectivity index (χ1v) is 6.95. The van der Waals surface area contributed by atoms with Gasteiger partial charge in [-0.25, -0.2) is 13.8 Å². The molecule has 0 radical (unpaired) electrons. The SMILES string of the molecule is COc1cc(C#N)ccc1Cn1c(=O)cnc2cc(F)c(F)cc21. The molecule has 0 aliphatic rings. The third-order valence-corrected chi connectivity index (χ3v) is 3.63. The van der Waals surface area contributed by atoms with Crippen molar-refractivity contribution < 1.29 is 13.5 Å². The molecule has 0 unspecified atom stereocenters. The molecule has 0 saturated carbocycles. The largest absolute Gasteiger partial charge is 0.496 e. The minimum atomic E-state index is -1.06. The van der Waals surface area contributed by atoms with Gasteiger partial charge in [0.15, 0.2) is 11.6 Å². The normalized spacial score (nSPS) is 10.6. The lowest BCUT2D eigenvalue weighted by Crippen LogP contribution is -2.21. The van der Waals surface area contributed by atoms with Crippen LogP contribution in [0.25, 0.3) is 11.0 Å². The van der Waals surface area contributed by atoms with Crippen LogP contribution in [0.3, 0.4) is 0 Å². The summed E-state index contributed by atoms with van der Waals surface area (Å²) in [6.45, 7) is 0.0673. The van der Waals surface area contributed by atoms with Crippen molar-refractivity contribution in [3.8, 4) is 11.8 Å². The number of hydrogen-bond acceptors (Lipinski definition) is 4. The highest BCUT2D eigenvalue weighted by Crippen LogP contribution is 2.22. The molecule has 0 atom stereocenters. The third kappa shape index (κ3) is 2.70. The summed E-state index contributed by atoms with van der Waals surface area (Å²) in [5.41, 5.74) is 0.917. The highest BCUT2D eigenvalue weighted by atomic mass is 19.2. The summed E-state index contributed by atoms with van der Waals surface area (Å²) in [4.78, 5) is 16.0. The Morgan fingerprint density at radius 3 is 2.71 bits per heavy atom. The standard InChI is InChI=1S/C17H11F2N3O2/c1-24-16-4-10(7-20)2-3-11(16)9-22-15-6-13(19)12(18)5-14(15)21-8-17(22)23/h2-6,8H,9H2,1H3. The maximum atomic E-state index is 13.6. The predicted molar refractivity (Wildman–Crippen MR) is 82.7 cm³/mol. The molecule has 0 saturated heterocycles. The topological polar surface area (TPSA) is 67.9 Å². The van der Waals surface area contributed by atoms with Crippen LogP contribution in [-0.4, -0.2) is 16.7 Å². The second-order valence-corrected chi connectivity index (χ2v) is 5.08. The molecule has 120 valence electrons. The first-order chi connectivity index (χ1) is 11.5. The Morgan fingerprint density at radius 1 is 1.25 bits per heavy atom. The highest BCUT2D eigenvalue weighted by Gasteiger charge is 2.12. The molecule has 7 heteroatoms. The van der Waals surface area contributed by atoms with Gasteiger partial charge in [0.1, 0.15) is 5.75 Å². The number of aromatic nitrogens is 2. The lowest BCUT2D eigenvalue weighted by molar-refractivity contribution is 0.408. The number of hydrogen-bond donors (Lipinski definition) is 0. The number of halogens is 2.